The zero-order chi connectivity index (χ0) is 14.7. The van der Waals surface area contributed by atoms with E-state index in [1.807, 2.05) is 18.2 Å². The van der Waals surface area contributed by atoms with Crippen molar-refractivity contribution in [1.82, 2.24) is 10.6 Å². The van der Waals surface area contributed by atoms with Gasteiger partial charge in [-0.25, -0.2) is 0 Å². The molecule has 1 unspecified atom stereocenters. The van der Waals surface area contributed by atoms with Crippen LogP contribution in [0.3, 0.4) is 0 Å². The molecule has 0 aromatic heterocycles. The van der Waals surface area contributed by atoms with Crippen molar-refractivity contribution in [2.75, 3.05) is 26.3 Å². The summed E-state index contributed by atoms with van der Waals surface area (Å²) in [7, 11) is 0. The lowest BCUT2D eigenvalue weighted by Crippen LogP contribution is -2.41. The third-order valence-corrected chi connectivity index (χ3v) is 4.46. The van der Waals surface area contributed by atoms with Crippen molar-refractivity contribution in [3.05, 3.63) is 23.8 Å². The molecule has 114 valence electrons. The van der Waals surface area contributed by atoms with Gasteiger partial charge in [-0.2, -0.15) is 0 Å². The molecule has 1 aromatic rings. The van der Waals surface area contributed by atoms with Crippen LogP contribution < -0.4 is 20.1 Å². The van der Waals surface area contributed by atoms with E-state index >= 15 is 0 Å². The number of carbonyl (C=O) groups excluding carboxylic acids is 1. The van der Waals surface area contributed by atoms with Gasteiger partial charge in [0, 0.05) is 13.1 Å². The molecule has 0 saturated carbocycles. The van der Waals surface area contributed by atoms with Gasteiger partial charge in [0.2, 0.25) is 5.91 Å². The Morgan fingerprint density at radius 1 is 1.33 bits per heavy atom. The van der Waals surface area contributed by atoms with E-state index in [1.54, 1.807) is 0 Å². The second kappa shape index (κ2) is 5.93. The Morgan fingerprint density at radius 3 is 2.86 bits per heavy atom. The molecule has 1 fully saturated rings. The fraction of sp³-hybridized carbons (Fsp3) is 0.562. The van der Waals surface area contributed by atoms with E-state index in [0.717, 1.165) is 43.0 Å². The van der Waals surface area contributed by atoms with E-state index in [0.29, 0.717) is 19.8 Å². The smallest absolute Gasteiger partial charge is 0.227 e. The number of ether oxygens (including phenoxy) is 2. The van der Waals surface area contributed by atoms with Gasteiger partial charge >= 0.3 is 0 Å². The summed E-state index contributed by atoms with van der Waals surface area (Å²) in [5.74, 6) is 1.69. The van der Waals surface area contributed by atoms with Crippen molar-refractivity contribution in [3.63, 3.8) is 0 Å². The maximum Gasteiger partial charge on any atom is 0.227 e. The normalized spacial score (nSPS) is 23.9. The van der Waals surface area contributed by atoms with Crippen LogP contribution in [0.2, 0.25) is 0 Å². The number of amides is 1. The molecule has 1 saturated heterocycles. The summed E-state index contributed by atoms with van der Waals surface area (Å²) in [6.45, 7) is 5.47. The molecule has 1 atom stereocenters. The Bertz CT molecular complexity index is 524. The predicted molar refractivity (Wildman–Crippen MR) is 79.5 cm³/mol. The van der Waals surface area contributed by atoms with Gasteiger partial charge in [0.15, 0.2) is 11.5 Å². The van der Waals surface area contributed by atoms with Gasteiger partial charge in [-0.1, -0.05) is 13.0 Å². The highest BCUT2D eigenvalue weighted by Gasteiger charge is 2.39. The van der Waals surface area contributed by atoms with Crippen LogP contribution in [0.15, 0.2) is 18.2 Å². The van der Waals surface area contributed by atoms with Crippen molar-refractivity contribution in [2.45, 2.75) is 26.3 Å². The van der Waals surface area contributed by atoms with Crippen LogP contribution >= 0.6 is 0 Å². The second-order valence-electron chi connectivity index (χ2n) is 5.72. The van der Waals surface area contributed by atoms with Crippen molar-refractivity contribution < 1.29 is 14.3 Å². The Hall–Kier alpha value is -1.75. The number of hydrogen-bond acceptors (Lipinski definition) is 4. The summed E-state index contributed by atoms with van der Waals surface area (Å²) >= 11 is 0. The van der Waals surface area contributed by atoms with E-state index in [9.17, 15) is 4.79 Å². The zero-order valence-corrected chi connectivity index (χ0v) is 12.4. The lowest BCUT2D eigenvalue weighted by molar-refractivity contribution is -0.130. The highest BCUT2D eigenvalue weighted by Crippen LogP contribution is 2.32. The molecule has 0 aliphatic carbocycles. The molecule has 3 rings (SSSR count). The van der Waals surface area contributed by atoms with Crippen LogP contribution in [0.25, 0.3) is 0 Å². The first-order valence-corrected chi connectivity index (χ1v) is 7.61. The minimum atomic E-state index is -0.242. The van der Waals surface area contributed by atoms with Gasteiger partial charge in [0.05, 0.1) is 5.41 Å². The Kier molecular flexibility index (Phi) is 4.01. The average Bonchev–Trinajstić information content (AvgIpc) is 3.02. The molecule has 1 aromatic carbocycles. The van der Waals surface area contributed by atoms with Crippen LogP contribution in [0.1, 0.15) is 25.3 Å². The average molecular weight is 290 g/mol. The van der Waals surface area contributed by atoms with Crippen molar-refractivity contribution in [1.29, 1.82) is 0 Å². The summed E-state index contributed by atoms with van der Waals surface area (Å²) in [5, 5.41) is 6.35. The minimum absolute atomic E-state index is 0.143. The molecule has 1 amide bonds. The van der Waals surface area contributed by atoms with Crippen molar-refractivity contribution >= 4 is 5.91 Å². The number of fused-ring (bicyclic) bond motifs is 1. The van der Waals surface area contributed by atoms with Crippen LogP contribution in [-0.4, -0.2) is 32.2 Å². The Balaban J connectivity index is 1.63. The van der Waals surface area contributed by atoms with Crippen LogP contribution in [-0.2, 0) is 11.3 Å². The van der Waals surface area contributed by atoms with Crippen LogP contribution in [0.5, 0.6) is 11.5 Å². The predicted octanol–water partition coefficient (Wildman–Crippen LogP) is 1.46. The summed E-state index contributed by atoms with van der Waals surface area (Å²) in [4.78, 5) is 12.5. The molecule has 5 nitrogen and oxygen atoms in total. The monoisotopic (exact) mass is 290 g/mol. The number of hydrogen-bond donors (Lipinski definition) is 2. The number of benzene rings is 1. The standard InChI is InChI=1S/C16H22N2O3/c1-2-16(5-6-17-11-16)15(19)18-10-12-3-4-13-14(9-12)21-8-7-20-13/h3-4,9,17H,2,5-8,10-11H2,1H3,(H,18,19). The van der Waals surface area contributed by atoms with Crippen molar-refractivity contribution in [2.24, 2.45) is 5.41 Å². The van der Waals surface area contributed by atoms with Crippen LogP contribution in [0, 0.1) is 5.41 Å². The SMILES string of the molecule is CCC1(C(=O)NCc2ccc3c(c2)OCCO3)CCNC1. The van der Waals surface area contributed by atoms with Gasteiger partial charge in [-0.3, -0.25) is 4.79 Å². The lowest BCUT2D eigenvalue weighted by Gasteiger charge is -2.25. The molecule has 2 aliphatic heterocycles. The Labute approximate surface area is 125 Å². The van der Waals surface area contributed by atoms with E-state index < -0.39 is 0 Å². The molecule has 2 heterocycles. The third-order valence-electron chi connectivity index (χ3n) is 4.46. The molecule has 21 heavy (non-hydrogen) atoms. The first-order valence-electron chi connectivity index (χ1n) is 7.61. The fourth-order valence-electron chi connectivity index (χ4n) is 2.97. The minimum Gasteiger partial charge on any atom is -0.486 e. The summed E-state index contributed by atoms with van der Waals surface area (Å²) in [6.07, 6.45) is 1.78. The largest absolute Gasteiger partial charge is 0.486 e. The number of nitrogens with one attached hydrogen (secondary N) is 2. The Morgan fingerprint density at radius 2 is 2.14 bits per heavy atom. The first-order chi connectivity index (χ1) is 10.2. The number of carbonyl (C=O) groups is 1. The fourth-order valence-corrected chi connectivity index (χ4v) is 2.97. The van der Waals surface area contributed by atoms with Gasteiger partial charge in [-0.05, 0) is 37.1 Å². The highest BCUT2D eigenvalue weighted by atomic mass is 16.6. The van der Waals surface area contributed by atoms with E-state index in [1.165, 1.54) is 0 Å². The molecule has 0 spiro atoms. The van der Waals surface area contributed by atoms with E-state index in [2.05, 4.69) is 17.6 Å². The number of rotatable bonds is 4. The van der Waals surface area contributed by atoms with Crippen molar-refractivity contribution in [3.8, 4) is 11.5 Å². The maximum absolute atomic E-state index is 12.5. The quantitative estimate of drug-likeness (QED) is 0.881. The summed E-state index contributed by atoms with van der Waals surface area (Å²) < 4.78 is 11.1. The third kappa shape index (κ3) is 2.83. The molecular weight excluding hydrogens is 268 g/mol. The van der Waals surface area contributed by atoms with E-state index in [-0.39, 0.29) is 11.3 Å². The second-order valence-corrected chi connectivity index (χ2v) is 5.72. The molecule has 2 N–H and O–H groups in total. The topological polar surface area (TPSA) is 59.6 Å². The molecular formula is C16H22N2O3. The van der Waals surface area contributed by atoms with Gasteiger partial charge in [0.25, 0.3) is 0 Å². The van der Waals surface area contributed by atoms with Gasteiger partial charge in [-0.15, -0.1) is 0 Å². The first kappa shape index (κ1) is 14.2. The molecule has 0 bridgehead atoms. The lowest BCUT2D eigenvalue weighted by atomic mass is 9.83. The van der Waals surface area contributed by atoms with E-state index in [4.69, 9.17) is 9.47 Å². The molecule has 5 heteroatoms. The summed E-state index contributed by atoms with van der Waals surface area (Å²) in [5.41, 5.74) is 0.790. The van der Waals surface area contributed by atoms with Gasteiger partial charge in [0.1, 0.15) is 13.2 Å². The zero-order valence-electron chi connectivity index (χ0n) is 12.4. The highest BCUT2D eigenvalue weighted by molar-refractivity contribution is 5.83. The molecule has 2 aliphatic rings. The van der Waals surface area contributed by atoms with Crippen LogP contribution in [0.4, 0.5) is 0 Å². The summed E-state index contributed by atoms with van der Waals surface area (Å²) in [6, 6.07) is 5.82. The molecule has 0 radical (unpaired) electrons. The van der Waals surface area contributed by atoms with Gasteiger partial charge < -0.3 is 20.1 Å². The maximum atomic E-state index is 12.5.